The third kappa shape index (κ3) is 4.48. The maximum atomic E-state index is 13.8. The number of hydrogen-bond acceptors (Lipinski definition) is 3. The van der Waals surface area contributed by atoms with Gasteiger partial charge >= 0.3 is 0 Å². The van der Waals surface area contributed by atoms with Crippen molar-refractivity contribution in [2.24, 2.45) is 0 Å². The first-order chi connectivity index (χ1) is 8.93. The number of hydrogen-bond donors (Lipinski definition) is 1. The minimum atomic E-state index is -0.335. The van der Waals surface area contributed by atoms with Gasteiger partial charge in [-0.15, -0.1) is 0 Å². The summed E-state index contributed by atoms with van der Waals surface area (Å²) in [7, 11) is 3.16. The van der Waals surface area contributed by atoms with Crippen LogP contribution in [0.4, 0.5) is 4.39 Å². The van der Waals surface area contributed by atoms with Gasteiger partial charge in [-0.25, -0.2) is 4.39 Å². The molecule has 19 heavy (non-hydrogen) atoms. The Morgan fingerprint density at radius 1 is 1.32 bits per heavy atom. The first-order valence-corrected chi connectivity index (χ1v) is 6.55. The van der Waals surface area contributed by atoms with E-state index in [1.54, 1.807) is 13.2 Å². The minimum Gasteiger partial charge on any atom is -0.494 e. The molecule has 1 N–H and O–H groups in total. The lowest BCUT2D eigenvalue weighted by Crippen LogP contribution is -2.32. The van der Waals surface area contributed by atoms with Crippen molar-refractivity contribution in [2.75, 3.05) is 20.8 Å². The molecule has 0 amide bonds. The summed E-state index contributed by atoms with van der Waals surface area (Å²) in [6, 6.07) is 5.13. The SMILES string of the molecule is CCNC(CC(C)(C)OC)c1ccc(OC)c(F)c1. The summed E-state index contributed by atoms with van der Waals surface area (Å²) in [6.07, 6.45) is 0.767. The molecule has 1 rings (SSSR count). The Labute approximate surface area is 115 Å². The first-order valence-electron chi connectivity index (χ1n) is 6.55. The monoisotopic (exact) mass is 269 g/mol. The molecule has 0 saturated carbocycles. The quantitative estimate of drug-likeness (QED) is 0.824. The highest BCUT2D eigenvalue weighted by Gasteiger charge is 2.24. The number of rotatable bonds is 7. The molecule has 0 fully saturated rings. The van der Waals surface area contributed by atoms with E-state index in [-0.39, 0.29) is 23.2 Å². The zero-order valence-corrected chi connectivity index (χ0v) is 12.4. The second kappa shape index (κ2) is 6.87. The molecule has 0 bridgehead atoms. The lowest BCUT2D eigenvalue weighted by atomic mass is 9.93. The number of halogens is 1. The van der Waals surface area contributed by atoms with Gasteiger partial charge in [0.2, 0.25) is 0 Å². The van der Waals surface area contributed by atoms with Crippen LogP contribution < -0.4 is 10.1 Å². The molecule has 0 aliphatic carbocycles. The maximum absolute atomic E-state index is 13.8. The van der Waals surface area contributed by atoms with Crippen LogP contribution in [0, 0.1) is 5.82 Å². The maximum Gasteiger partial charge on any atom is 0.165 e. The summed E-state index contributed by atoms with van der Waals surface area (Å²) >= 11 is 0. The van der Waals surface area contributed by atoms with E-state index in [2.05, 4.69) is 5.32 Å². The van der Waals surface area contributed by atoms with Crippen LogP contribution in [-0.4, -0.2) is 26.4 Å². The second-order valence-corrected chi connectivity index (χ2v) is 5.17. The minimum absolute atomic E-state index is 0.0559. The highest BCUT2D eigenvalue weighted by molar-refractivity contribution is 5.31. The average Bonchev–Trinajstić information content (AvgIpc) is 2.38. The zero-order valence-electron chi connectivity index (χ0n) is 12.4. The molecule has 1 atom stereocenters. The third-order valence-corrected chi connectivity index (χ3v) is 3.28. The van der Waals surface area contributed by atoms with Crippen molar-refractivity contribution >= 4 is 0 Å². The number of ether oxygens (including phenoxy) is 2. The number of nitrogens with one attached hydrogen (secondary N) is 1. The molecule has 0 aromatic heterocycles. The van der Waals surface area contributed by atoms with E-state index >= 15 is 0 Å². The van der Waals surface area contributed by atoms with Gasteiger partial charge in [0.05, 0.1) is 12.7 Å². The molecule has 1 aromatic carbocycles. The van der Waals surface area contributed by atoms with Crippen molar-refractivity contribution in [3.63, 3.8) is 0 Å². The molecule has 4 heteroatoms. The Bertz CT molecular complexity index is 407. The van der Waals surface area contributed by atoms with E-state index in [0.29, 0.717) is 0 Å². The van der Waals surface area contributed by atoms with E-state index in [1.807, 2.05) is 26.8 Å². The van der Waals surface area contributed by atoms with Crippen molar-refractivity contribution in [3.8, 4) is 5.75 Å². The molecular formula is C15H24FNO2. The molecule has 0 aliphatic rings. The van der Waals surface area contributed by atoms with Crippen LogP contribution in [0.25, 0.3) is 0 Å². The first kappa shape index (κ1) is 15.9. The van der Waals surface area contributed by atoms with Crippen molar-refractivity contribution in [2.45, 2.75) is 38.8 Å². The standard InChI is InChI=1S/C15H24FNO2/c1-6-17-13(10-15(2,3)19-5)11-7-8-14(18-4)12(16)9-11/h7-9,13,17H,6,10H2,1-5H3. The summed E-state index contributed by atoms with van der Waals surface area (Å²) < 4.78 is 24.2. The molecule has 108 valence electrons. The van der Waals surface area contributed by atoms with E-state index in [1.165, 1.54) is 13.2 Å². The lowest BCUT2D eigenvalue weighted by molar-refractivity contribution is 0.00694. The molecule has 0 spiro atoms. The highest BCUT2D eigenvalue weighted by Crippen LogP contribution is 2.28. The van der Waals surface area contributed by atoms with Gasteiger partial charge in [0, 0.05) is 13.2 Å². The Kier molecular flexibility index (Phi) is 5.76. The predicted octanol–water partition coefficient (Wildman–Crippen LogP) is 3.30. The van der Waals surface area contributed by atoms with Gasteiger partial charge in [0.15, 0.2) is 11.6 Å². The largest absolute Gasteiger partial charge is 0.494 e. The molecule has 0 saturated heterocycles. The summed E-state index contributed by atoms with van der Waals surface area (Å²) in [4.78, 5) is 0. The molecule has 0 radical (unpaired) electrons. The normalized spacial score (nSPS) is 13.4. The third-order valence-electron chi connectivity index (χ3n) is 3.28. The van der Waals surface area contributed by atoms with E-state index in [0.717, 1.165) is 18.5 Å². The van der Waals surface area contributed by atoms with E-state index in [4.69, 9.17) is 9.47 Å². The fraction of sp³-hybridized carbons (Fsp3) is 0.600. The number of methoxy groups -OCH3 is 2. The Balaban J connectivity index is 2.95. The van der Waals surface area contributed by atoms with Gasteiger partial charge in [-0.1, -0.05) is 13.0 Å². The molecule has 3 nitrogen and oxygen atoms in total. The van der Waals surface area contributed by atoms with Crippen molar-refractivity contribution in [3.05, 3.63) is 29.6 Å². The van der Waals surface area contributed by atoms with Gasteiger partial charge in [-0.3, -0.25) is 0 Å². The predicted molar refractivity (Wildman–Crippen MR) is 75.1 cm³/mol. The number of benzene rings is 1. The van der Waals surface area contributed by atoms with Gasteiger partial charge in [0.25, 0.3) is 0 Å². The van der Waals surface area contributed by atoms with Gasteiger partial charge in [0.1, 0.15) is 0 Å². The molecule has 1 unspecified atom stereocenters. The Hall–Kier alpha value is -1.13. The Morgan fingerprint density at radius 3 is 2.47 bits per heavy atom. The highest BCUT2D eigenvalue weighted by atomic mass is 19.1. The van der Waals surface area contributed by atoms with Crippen molar-refractivity contribution in [1.29, 1.82) is 0 Å². The fourth-order valence-electron chi connectivity index (χ4n) is 2.03. The summed E-state index contributed by atoms with van der Waals surface area (Å²) in [5.41, 5.74) is 0.647. The second-order valence-electron chi connectivity index (χ2n) is 5.17. The van der Waals surface area contributed by atoms with Gasteiger partial charge in [-0.2, -0.15) is 0 Å². The summed E-state index contributed by atoms with van der Waals surface area (Å²) in [5, 5.41) is 3.37. The summed E-state index contributed by atoms with van der Waals surface area (Å²) in [6.45, 7) is 6.90. The van der Waals surface area contributed by atoms with Crippen LogP contribution in [-0.2, 0) is 4.74 Å². The molecule has 1 aromatic rings. The van der Waals surface area contributed by atoms with Crippen LogP contribution >= 0.6 is 0 Å². The topological polar surface area (TPSA) is 30.5 Å². The van der Waals surface area contributed by atoms with E-state index in [9.17, 15) is 4.39 Å². The van der Waals surface area contributed by atoms with Crippen LogP contribution in [0.5, 0.6) is 5.75 Å². The van der Waals surface area contributed by atoms with Crippen LogP contribution in [0.3, 0.4) is 0 Å². The molecule has 0 heterocycles. The van der Waals surface area contributed by atoms with Crippen molar-refractivity contribution < 1.29 is 13.9 Å². The fourth-order valence-corrected chi connectivity index (χ4v) is 2.03. The zero-order chi connectivity index (χ0) is 14.5. The molecular weight excluding hydrogens is 245 g/mol. The van der Waals surface area contributed by atoms with Gasteiger partial charge < -0.3 is 14.8 Å². The summed E-state index contributed by atoms with van der Waals surface area (Å²) in [5.74, 6) is -0.0665. The smallest absolute Gasteiger partial charge is 0.165 e. The van der Waals surface area contributed by atoms with Gasteiger partial charge in [-0.05, 0) is 44.5 Å². The van der Waals surface area contributed by atoms with E-state index < -0.39 is 0 Å². The van der Waals surface area contributed by atoms with Crippen LogP contribution in [0.1, 0.15) is 38.8 Å². The van der Waals surface area contributed by atoms with Crippen molar-refractivity contribution in [1.82, 2.24) is 5.32 Å². The van der Waals surface area contributed by atoms with Crippen LogP contribution in [0.2, 0.25) is 0 Å². The lowest BCUT2D eigenvalue weighted by Gasteiger charge is -2.29. The Morgan fingerprint density at radius 2 is 2.00 bits per heavy atom. The van der Waals surface area contributed by atoms with Crippen LogP contribution in [0.15, 0.2) is 18.2 Å². The average molecular weight is 269 g/mol. The molecule has 0 aliphatic heterocycles.